The molecule has 1 amide bonds. The molecule has 0 bridgehead atoms. The van der Waals surface area contributed by atoms with Crippen molar-refractivity contribution < 1.29 is 33.6 Å². The molecule has 0 unspecified atom stereocenters. The normalized spacial score (nSPS) is 18.2. The van der Waals surface area contributed by atoms with E-state index in [4.69, 9.17) is 18.9 Å². The molecule has 1 atom stereocenters. The van der Waals surface area contributed by atoms with Gasteiger partial charge in [0.25, 0.3) is 5.91 Å². The van der Waals surface area contributed by atoms with Crippen molar-refractivity contribution in [2.75, 3.05) is 20.8 Å². The quantitative estimate of drug-likeness (QED) is 0.709. The van der Waals surface area contributed by atoms with E-state index in [1.165, 1.54) is 12.1 Å². The Kier molecular flexibility index (Phi) is 5.62. The fourth-order valence-corrected chi connectivity index (χ4v) is 4.30. The molecule has 2 N–H and O–H groups in total. The highest BCUT2D eigenvalue weighted by Crippen LogP contribution is 2.41. The van der Waals surface area contributed by atoms with Gasteiger partial charge in [-0.15, -0.1) is 0 Å². The Morgan fingerprint density at radius 3 is 2.62 bits per heavy atom. The van der Waals surface area contributed by atoms with Crippen molar-refractivity contribution in [3.8, 4) is 28.7 Å². The Bertz CT molecular complexity index is 1080. The number of fused-ring (bicyclic) bond motifs is 2. The molecule has 0 aromatic heterocycles. The highest BCUT2D eigenvalue weighted by Gasteiger charge is 2.35. The number of rotatable bonds is 6. The summed E-state index contributed by atoms with van der Waals surface area (Å²) >= 11 is 0. The van der Waals surface area contributed by atoms with Crippen LogP contribution in [0.3, 0.4) is 0 Å². The lowest BCUT2D eigenvalue weighted by Crippen LogP contribution is -2.36. The summed E-state index contributed by atoms with van der Waals surface area (Å²) in [6, 6.07) is 6.54. The number of methoxy groups -OCH3 is 2. The van der Waals surface area contributed by atoms with E-state index in [0.29, 0.717) is 11.5 Å². The van der Waals surface area contributed by atoms with Gasteiger partial charge in [0, 0.05) is 12.1 Å². The summed E-state index contributed by atoms with van der Waals surface area (Å²) in [5.41, 5.74) is 1.58. The molecule has 1 aliphatic heterocycles. The summed E-state index contributed by atoms with van der Waals surface area (Å²) in [6.07, 6.45) is 1.76. The lowest BCUT2D eigenvalue weighted by Gasteiger charge is -2.32. The van der Waals surface area contributed by atoms with Crippen molar-refractivity contribution in [1.82, 2.24) is 5.32 Å². The summed E-state index contributed by atoms with van der Waals surface area (Å²) in [5.74, 6) is 1.08. The molecule has 8 heteroatoms. The fourth-order valence-electron chi connectivity index (χ4n) is 4.30. The number of carbonyl (C=O) groups is 2. The zero-order chi connectivity index (χ0) is 23.0. The maximum Gasteiger partial charge on any atom is 0.258 e. The number of carbonyl (C=O) groups excluding carboxylic acids is 2. The molecule has 1 aliphatic carbocycles. The molecule has 0 saturated heterocycles. The molecule has 2 aliphatic rings. The van der Waals surface area contributed by atoms with Crippen LogP contribution in [0.1, 0.15) is 54.2 Å². The number of benzene rings is 2. The molecule has 0 radical (unpaired) electrons. The van der Waals surface area contributed by atoms with Crippen LogP contribution in [0.15, 0.2) is 24.3 Å². The molecule has 32 heavy (non-hydrogen) atoms. The molecule has 2 aromatic rings. The van der Waals surface area contributed by atoms with Gasteiger partial charge in [0.1, 0.15) is 28.4 Å². The van der Waals surface area contributed by atoms with Gasteiger partial charge in [-0.1, -0.05) is 0 Å². The molecule has 0 spiro atoms. The van der Waals surface area contributed by atoms with Crippen molar-refractivity contribution in [3.63, 3.8) is 0 Å². The molecule has 1 heterocycles. The minimum Gasteiger partial charge on any atom is -0.507 e. The topological polar surface area (TPSA) is 103 Å². The number of phenols is 1. The number of aryl methyl sites for hydroxylation is 1. The smallest absolute Gasteiger partial charge is 0.258 e. The minimum absolute atomic E-state index is 0.146. The van der Waals surface area contributed by atoms with E-state index in [9.17, 15) is 14.7 Å². The van der Waals surface area contributed by atoms with Gasteiger partial charge in [0.15, 0.2) is 23.9 Å². The van der Waals surface area contributed by atoms with Crippen LogP contribution in [0.2, 0.25) is 0 Å². The first kappa shape index (κ1) is 21.8. The third-order valence-electron chi connectivity index (χ3n) is 5.73. The third kappa shape index (κ3) is 4.17. The van der Waals surface area contributed by atoms with Crippen LogP contribution in [0.4, 0.5) is 0 Å². The van der Waals surface area contributed by atoms with Gasteiger partial charge < -0.3 is 29.4 Å². The first-order valence-corrected chi connectivity index (χ1v) is 10.5. The van der Waals surface area contributed by atoms with Crippen molar-refractivity contribution in [2.45, 2.75) is 44.8 Å². The minimum atomic E-state index is -0.674. The average Bonchev–Trinajstić information content (AvgIpc) is 3.11. The van der Waals surface area contributed by atoms with Gasteiger partial charge in [-0.05, 0) is 49.9 Å². The van der Waals surface area contributed by atoms with Gasteiger partial charge in [-0.25, -0.2) is 0 Å². The first-order valence-electron chi connectivity index (χ1n) is 10.5. The van der Waals surface area contributed by atoms with Gasteiger partial charge in [0.05, 0.1) is 26.7 Å². The monoisotopic (exact) mass is 441 g/mol. The van der Waals surface area contributed by atoms with E-state index in [1.54, 1.807) is 28.1 Å². The number of nitrogens with one attached hydrogen (secondary N) is 1. The van der Waals surface area contributed by atoms with Crippen LogP contribution >= 0.6 is 0 Å². The second-order valence-corrected chi connectivity index (χ2v) is 8.63. The lowest BCUT2D eigenvalue weighted by molar-refractivity contribution is -0.123. The molecule has 170 valence electrons. The predicted molar refractivity (Wildman–Crippen MR) is 116 cm³/mol. The number of hydrogen-bond donors (Lipinski definition) is 2. The van der Waals surface area contributed by atoms with Crippen LogP contribution in [0.5, 0.6) is 28.7 Å². The second-order valence-electron chi connectivity index (χ2n) is 8.63. The van der Waals surface area contributed by atoms with Crippen LogP contribution in [-0.4, -0.2) is 43.2 Å². The molecular formula is C24H27NO7. The van der Waals surface area contributed by atoms with Gasteiger partial charge in [-0.3, -0.25) is 9.59 Å². The van der Waals surface area contributed by atoms with Gasteiger partial charge in [-0.2, -0.15) is 0 Å². The summed E-state index contributed by atoms with van der Waals surface area (Å²) in [5, 5.41) is 13.3. The highest BCUT2D eigenvalue weighted by atomic mass is 16.5. The Morgan fingerprint density at radius 1 is 1.19 bits per heavy atom. The Morgan fingerprint density at radius 2 is 1.91 bits per heavy atom. The number of hydrogen-bond acceptors (Lipinski definition) is 7. The maximum absolute atomic E-state index is 12.5. The van der Waals surface area contributed by atoms with Crippen molar-refractivity contribution >= 4 is 11.7 Å². The zero-order valence-corrected chi connectivity index (χ0v) is 18.6. The Hall–Kier alpha value is -3.42. The largest absolute Gasteiger partial charge is 0.507 e. The molecule has 0 saturated carbocycles. The van der Waals surface area contributed by atoms with E-state index in [2.05, 4.69) is 5.32 Å². The number of ketones is 1. The zero-order valence-electron chi connectivity index (χ0n) is 18.6. The Labute approximate surface area is 186 Å². The Balaban J connectivity index is 1.43. The highest BCUT2D eigenvalue weighted by molar-refractivity contribution is 6.03. The van der Waals surface area contributed by atoms with Crippen molar-refractivity contribution in [2.24, 2.45) is 0 Å². The van der Waals surface area contributed by atoms with Crippen LogP contribution in [0.25, 0.3) is 0 Å². The number of amides is 1. The fraction of sp³-hybridized carbons (Fsp3) is 0.417. The van der Waals surface area contributed by atoms with E-state index in [0.717, 1.165) is 24.0 Å². The number of aromatic hydroxyl groups is 1. The van der Waals surface area contributed by atoms with E-state index in [1.807, 2.05) is 12.1 Å². The lowest BCUT2D eigenvalue weighted by atomic mass is 9.92. The SMILES string of the molecule is COc1cc2c(cc1OC)[C@H](NC(=O)COc1cc(O)c3c(c1)OC(C)(C)CC3=O)CC2. The molecule has 0 fully saturated rings. The number of ether oxygens (including phenoxy) is 4. The number of Topliss-reactive ketones (excluding diaryl/α,β-unsaturated/α-hetero) is 1. The molecule has 4 rings (SSSR count). The van der Waals surface area contributed by atoms with Crippen LogP contribution in [0, 0.1) is 0 Å². The summed E-state index contributed by atoms with van der Waals surface area (Å²) in [4.78, 5) is 24.9. The molecule has 8 nitrogen and oxygen atoms in total. The second kappa shape index (κ2) is 8.26. The number of phenolic OH excluding ortho intramolecular Hbond substituents is 1. The van der Waals surface area contributed by atoms with Crippen LogP contribution in [-0.2, 0) is 11.2 Å². The van der Waals surface area contributed by atoms with Gasteiger partial charge in [0.2, 0.25) is 0 Å². The average molecular weight is 441 g/mol. The van der Waals surface area contributed by atoms with Crippen LogP contribution < -0.4 is 24.3 Å². The predicted octanol–water partition coefficient (Wildman–Crippen LogP) is 3.34. The van der Waals surface area contributed by atoms with E-state index < -0.39 is 5.60 Å². The van der Waals surface area contributed by atoms with Gasteiger partial charge >= 0.3 is 0 Å². The maximum atomic E-state index is 12.5. The van der Waals surface area contributed by atoms with Crippen molar-refractivity contribution in [3.05, 3.63) is 41.0 Å². The first-order chi connectivity index (χ1) is 15.2. The molecular weight excluding hydrogens is 414 g/mol. The van der Waals surface area contributed by atoms with Crippen molar-refractivity contribution in [1.29, 1.82) is 0 Å². The van der Waals surface area contributed by atoms with E-state index in [-0.39, 0.29) is 53.6 Å². The van der Waals surface area contributed by atoms with E-state index >= 15 is 0 Å². The third-order valence-corrected chi connectivity index (χ3v) is 5.73. The summed E-state index contributed by atoms with van der Waals surface area (Å²) in [7, 11) is 3.17. The summed E-state index contributed by atoms with van der Waals surface area (Å²) in [6.45, 7) is 3.36. The standard InChI is InChI=1S/C24H27NO7/c1-24(2)11-18(27)23-17(26)8-14(9-21(23)32-24)31-12-22(28)25-16-6-5-13-7-19(29-3)20(30-4)10-15(13)16/h7-10,16,26H,5-6,11-12H2,1-4H3,(H,25,28)/t16-/m1/s1. The molecule has 2 aromatic carbocycles. The summed E-state index contributed by atoms with van der Waals surface area (Å²) < 4.78 is 22.1.